The van der Waals surface area contributed by atoms with E-state index in [1.807, 2.05) is 37.3 Å². The number of hydrogen-bond donors (Lipinski definition) is 0. The molecule has 0 radical (unpaired) electrons. The third kappa shape index (κ3) is 1.88. The molecular formula is C15H14BrNO3. The number of para-hydroxylation sites is 1. The first-order chi connectivity index (χ1) is 9.57. The zero-order valence-electron chi connectivity index (χ0n) is 11.0. The maximum atomic E-state index is 12.3. The van der Waals surface area contributed by atoms with Gasteiger partial charge in [-0.25, -0.2) is 4.79 Å². The summed E-state index contributed by atoms with van der Waals surface area (Å²) < 4.78 is 6.11. The average molecular weight is 336 g/mol. The Kier molecular flexibility index (Phi) is 3.17. The van der Waals surface area contributed by atoms with E-state index in [0.29, 0.717) is 10.9 Å². The largest absolute Gasteiger partial charge is 0.436 e. The summed E-state index contributed by atoms with van der Waals surface area (Å²) in [6.07, 6.45) is 2.25. The highest BCUT2D eigenvalue weighted by atomic mass is 79.9. The Bertz CT molecular complexity index is 598. The van der Waals surface area contributed by atoms with Crippen molar-refractivity contribution >= 4 is 33.5 Å². The van der Waals surface area contributed by atoms with Gasteiger partial charge in [0.15, 0.2) is 11.4 Å². The number of ketones is 1. The first kappa shape index (κ1) is 13.4. The van der Waals surface area contributed by atoms with Crippen molar-refractivity contribution in [2.45, 2.75) is 31.4 Å². The molecule has 1 aliphatic heterocycles. The van der Waals surface area contributed by atoms with Crippen LogP contribution in [0, 0.1) is 0 Å². The van der Waals surface area contributed by atoms with Crippen molar-refractivity contribution in [2.75, 3.05) is 4.90 Å². The van der Waals surface area contributed by atoms with Gasteiger partial charge >= 0.3 is 6.09 Å². The van der Waals surface area contributed by atoms with Crippen LogP contribution in [0.2, 0.25) is 0 Å². The summed E-state index contributed by atoms with van der Waals surface area (Å²) in [5.41, 5.74) is 0.0386. The molecular weight excluding hydrogens is 322 g/mol. The van der Waals surface area contributed by atoms with E-state index in [1.165, 1.54) is 0 Å². The molecule has 1 amide bonds. The molecule has 1 heterocycles. The fourth-order valence-corrected chi connectivity index (χ4v) is 3.42. The lowest BCUT2D eigenvalue weighted by Crippen LogP contribution is -2.48. The molecule has 1 saturated heterocycles. The van der Waals surface area contributed by atoms with Crippen LogP contribution in [0.15, 0.2) is 40.9 Å². The SMILES string of the molecule is CC[C@]12C=C(Br)C(=O)C[C@H]1N(c1ccccc1)C(=O)O2. The molecule has 0 bridgehead atoms. The number of ether oxygens (including phenoxy) is 1. The van der Waals surface area contributed by atoms with Gasteiger partial charge < -0.3 is 4.74 Å². The van der Waals surface area contributed by atoms with Crippen molar-refractivity contribution < 1.29 is 14.3 Å². The topological polar surface area (TPSA) is 46.6 Å². The molecule has 1 aromatic rings. The number of carbonyl (C=O) groups is 2. The molecule has 4 nitrogen and oxygen atoms in total. The van der Waals surface area contributed by atoms with Gasteiger partial charge in [-0.05, 0) is 40.6 Å². The number of hydrogen-bond acceptors (Lipinski definition) is 3. The molecule has 2 atom stereocenters. The number of carbonyl (C=O) groups excluding carboxylic acids is 2. The number of nitrogens with zero attached hydrogens (tertiary/aromatic N) is 1. The maximum absolute atomic E-state index is 12.3. The van der Waals surface area contributed by atoms with E-state index in [0.717, 1.165) is 5.69 Å². The highest BCUT2D eigenvalue weighted by Gasteiger charge is 2.55. The summed E-state index contributed by atoms with van der Waals surface area (Å²) in [5.74, 6) is -0.00157. The summed E-state index contributed by atoms with van der Waals surface area (Å²) >= 11 is 3.26. The molecule has 1 aromatic carbocycles. The number of allylic oxidation sites excluding steroid dienone is 1. The standard InChI is InChI=1S/C15H14BrNO3/c1-2-15-9-11(16)12(18)8-13(15)17(14(19)20-15)10-6-4-3-5-7-10/h3-7,9,13H,2,8H2,1H3/t13-,15+/m1/s1. The van der Waals surface area contributed by atoms with E-state index in [9.17, 15) is 9.59 Å². The number of rotatable bonds is 2. The van der Waals surface area contributed by atoms with Crippen LogP contribution in [0.3, 0.4) is 0 Å². The summed E-state index contributed by atoms with van der Waals surface area (Å²) in [5, 5.41) is 0. The Morgan fingerprint density at radius 3 is 2.70 bits per heavy atom. The molecule has 5 heteroatoms. The number of fused-ring (bicyclic) bond motifs is 1. The highest BCUT2D eigenvalue weighted by Crippen LogP contribution is 2.43. The molecule has 104 valence electrons. The second-order valence-corrected chi connectivity index (χ2v) is 5.87. The van der Waals surface area contributed by atoms with Gasteiger partial charge in [-0.1, -0.05) is 25.1 Å². The lowest BCUT2D eigenvalue weighted by Gasteiger charge is -2.34. The average Bonchev–Trinajstić information content (AvgIpc) is 2.72. The van der Waals surface area contributed by atoms with Crippen LogP contribution in [0.25, 0.3) is 0 Å². The fraction of sp³-hybridized carbons (Fsp3) is 0.333. The van der Waals surface area contributed by atoms with Crippen LogP contribution in [-0.4, -0.2) is 23.5 Å². The number of benzene rings is 1. The molecule has 20 heavy (non-hydrogen) atoms. The molecule has 3 rings (SSSR count). The molecule has 1 aliphatic carbocycles. The third-order valence-corrected chi connectivity index (χ3v) is 4.62. The van der Waals surface area contributed by atoms with Gasteiger partial charge in [0.2, 0.25) is 0 Å². The van der Waals surface area contributed by atoms with Gasteiger partial charge in [-0.3, -0.25) is 9.69 Å². The summed E-state index contributed by atoms with van der Waals surface area (Å²) in [6.45, 7) is 1.96. The molecule has 0 spiro atoms. The van der Waals surface area contributed by atoms with E-state index >= 15 is 0 Å². The minimum atomic E-state index is -0.723. The highest BCUT2D eigenvalue weighted by molar-refractivity contribution is 9.12. The van der Waals surface area contributed by atoms with Crippen LogP contribution in [0.4, 0.5) is 10.5 Å². The zero-order chi connectivity index (χ0) is 14.3. The van der Waals surface area contributed by atoms with Crippen molar-refractivity contribution in [2.24, 2.45) is 0 Å². The second-order valence-electron chi connectivity index (χ2n) is 5.02. The molecule has 2 aliphatic rings. The lowest BCUT2D eigenvalue weighted by atomic mass is 9.83. The zero-order valence-corrected chi connectivity index (χ0v) is 12.6. The van der Waals surface area contributed by atoms with Crippen molar-refractivity contribution in [1.29, 1.82) is 0 Å². The number of amides is 1. The van der Waals surface area contributed by atoms with Gasteiger partial charge in [0.25, 0.3) is 0 Å². The lowest BCUT2D eigenvalue weighted by molar-refractivity contribution is -0.116. The van der Waals surface area contributed by atoms with Crippen LogP contribution in [0.1, 0.15) is 19.8 Å². The maximum Gasteiger partial charge on any atom is 0.415 e. The number of anilines is 1. The Morgan fingerprint density at radius 1 is 1.35 bits per heavy atom. The Labute approximate surface area is 125 Å². The van der Waals surface area contributed by atoms with Crippen LogP contribution in [0.5, 0.6) is 0 Å². The van der Waals surface area contributed by atoms with Crippen molar-refractivity contribution in [3.63, 3.8) is 0 Å². The Morgan fingerprint density at radius 2 is 2.05 bits per heavy atom. The van der Waals surface area contributed by atoms with Crippen LogP contribution < -0.4 is 4.90 Å². The normalized spacial score (nSPS) is 29.0. The van der Waals surface area contributed by atoms with Gasteiger partial charge in [0, 0.05) is 12.1 Å². The summed E-state index contributed by atoms with van der Waals surface area (Å²) in [6, 6.07) is 9.04. The van der Waals surface area contributed by atoms with Gasteiger partial charge in [-0.2, -0.15) is 0 Å². The summed E-state index contributed by atoms with van der Waals surface area (Å²) in [4.78, 5) is 25.8. The second kappa shape index (κ2) is 4.74. The molecule has 0 unspecified atom stereocenters. The quantitative estimate of drug-likeness (QED) is 0.831. The predicted octanol–water partition coefficient (Wildman–Crippen LogP) is 3.41. The van der Waals surface area contributed by atoms with Gasteiger partial charge in [0.05, 0.1) is 10.5 Å². The van der Waals surface area contributed by atoms with E-state index in [2.05, 4.69) is 15.9 Å². The minimum Gasteiger partial charge on any atom is -0.436 e. The van der Waals surface area contributed by atoms with E-state index in [-0.39, 0.29) is 18.2 Å². The van der Waals surface area contributed by atoms with E-state index in [1.54, 1.807) is 11.0 Å². The number of Topliss-reactive ketones (excluding diaryl/α,β-unsaturated/α-hetero) is 1. The third-order valence-electron chi connectivity index (χ3n) is 3.95. The first-order valence-corrected chi connectivity index (χ1v) is 7.35. The fourth-order valence-electron chi connectivity index (χ4n) is 2.87. The molecule has 0 saturated carbocycles. The Balaban J connectivity index is 2.08. The molecule has 1 fully saturated rings. The molecule has 0 aromatic heterocycles. The smallest absolute Gasteiger partial charge is 0.415 e. The van der Waals surface area contributed by atoms with Gasteiger partial charge in [-0.15, -0.1) is 0 Å². The van der Waals surface area contributed by atoms with Crippen LogP contribution >= 0.6 is 15.9 Å². The Hall–Kier alpha value is -1.62. The number of halogens is 1. The monoisotopic (exact) mass is 335 g/mol. The van der Waals surface area contributed by atoms with Crippen molar-refractivity contribution in [3.05, 3.63) is 40.9 Å². The molecule has 0 N–H and O–H groups in total. The van der Waals surface area contributed by atoms with Crippen LogP contribution in [-0.2, 0) is 9.53 Å². The van der Waals surface area contributed by atoms with E-state index in [4.69, 9.17) is 4.74 Å². The predicted molar refractivity (Wildman–Crippen MR) is 78.8 cm³/mol. The van der Waals surface area contributed by atoms with Crippen molar-refractivity contribution in [3.8, 4) is 0 Å². The van der Waals surface area contributed by atoms with E-state index < -0.39 is 11.7 Å². The first-order valence-electron chi connectivity index (χ1n) is 6.56. The summed E-state index contributed by atoms with van der Waals surface area (Å²) in [7, 11) is 0. The minimum absolute atomic E-state index is 0.00157. The van der Waals surface area contributed by atoms with Gasteiger partial charge in [0.1, 0.15) is 0 Å². The van der Waals surface area contributed by atoms with Crippen molar-refractivity contribution in [1.82, 2.24) is 0 Å².